The van der Waals surface area contributed by atoms with Crippen LogP contribution in [0.5, 0.6) is 0 Å². The predicted molar refractivity (Wildman–Crippen MR) is 67.2 cm³/mol. The van der Waals surface area contributed by atoms with Gasteiger partial charge in [0.1, 0.15) is 5.76 Å². The number of hydrogen-bond acceptors (Lipinski definition) is 2. The monoisotopic (exact) mass is 223 g/mol. The molecule has 1 aliphatic heterocycles. The molecule has 0 radical (unpaired) electrons. The van der Waals surface area contributed by atoms with Crippen LogP contribution in [0, 0.1) is 11.3 Å². The third kappa shape index (κ3) is 2.27. The summed E-state index contributed by atoms with van der Waals surface area (Å²) >= 11 is 0. The molecule has 1 heterocycles. The van der Waals surface area contributed by atoms with Crippen molar-refractivity contribution in [3.63, 3.8) is 0 Å². The smallest absolute Gasteiger partial charge is 0.109 e. The van der Waals surface area contributed by atoms with Gasteiger partial charge in [0, 0.05) is 6.42 Å². The molecule has 0 saturated heterocycles. The number of rotatable bonds is 3. The van der Waals surface area contributed by atoms with Gasteiger partial charge >= 0.3 is 0 Å². The van der Waals surface area contributed by atoms with E-state index in [0.717, 1.165) is 18.9 Å². The first kappa shape index (κ1) is 12.0. The molecule has 92 valence electrons. The maximum atomic E-state index is 5.75. The van der Waals surface area contributed by atoms with Gasteiger partial charge in [0.2, 0.25) is 0 Å². The van der Waals surface area contributed by atoms with Gasteiger partial charge in [0.25, 0.3) is 0 Å². The lowest BCUT2D eigenvalue weighted by Gasteiger charge is -2.43. The molecule has 0 aromatic rings. The molecule has 2 heteroatoms. The quantitative estimate of drug-likeness (QED) is 0.794. The lowest BCUT2D eigenvalue weighted by molar-refractivity contribution is 0.0859. The summed E-state index contributed by atoms with van der Waals surface area (Å²) in [6, 6.07) is 0.429. The summed E-state index contributed by atoms with van der Waals surface area (Å²) in [5.41, 5.74) is 0.443. The van der Waals surface area contributed by atoms with Crippen LogP contribution in [0.25, 0.3) is 0 Å². The molecule has 2 rings (SSSR count). The van der Waals surface area contributed by atoms with Crippen LogP contribution in [0.3, 0.4) is 0 Å². The molecule has 2 unspecified atom stereocenters. The Morgan fingerprint density at radius 1 is 1.44 bits per heavy atom. The zero-order chi connectivity index (χ0) is 11.6. The van der Waals surface area contributed by atoms with Crippen LogP contribution in [-0.4, -0.2) is 19.7 Å². The second-order valence-corrected chi connectivity index (χ2v) is 5.85. The fraction of sp³-hybridized carbons (Fsp3) is 0.857. The Kier molecular flexibility index (Phi) is 3.58. The van der Waals surface area contributed by atoms with Crippen molar-refractivity contribution in [2.24, 2.45) is 11.3 Å². The van der Waals surface area contributed by atoms with Crippen LogP contribution in [0.15, 0.2) is 11.8 Å². The highest BCUT2D eigenvalue weighted by Gasteiger charge is 2.39. The second kappa shape index (κ2) is 4.79. The van der Waals surface area contributed by atoms with E-state index in [-0.39, 0.29) is 0 Å². The van der Waals surface area contributed by atoms with Crippen molar-refractivity contribution >= 4 is 0 Å². The van der Waals surface area contributed by atoms with Gasteiger partial charge in [-0.05, 0) is 37.3 Å². The molecular formula is C14H25NO. The molecule has 1 N–H and O–H groups in total. The van der Waals surface area contributed by atoms with Gasteiger partial charge in [-0.15, -0.1) is 0 Å². The van der Waals surface area contributed by atoms with E-state index in [1.807, 2.05) is 0 Å². The fourth-order valence-corrected chi connectivity index (χ4v) is 3.33. The predicted octanol–water partition coefficient (Wildman–Crippen LogP) is 3.10. The molecule has 1 fully saturated rings. The Morgan fingerprint density at radius 3 is 2.81 bits per heavy atom. The van der Waals surface area contributed by atoms with Gasteiger partial charge < -0.3 is 10.1 Å². The third-order valence-electron chi connectivity index (χ3n) is 4.34. The van der Waals surface area contributed by atoms with Gasteiger partial charge in [0.15, 0.2) is 0 Å². The average Bonchev–Trinajstić information content (AvgIpc) is 2.75. The van der Waals surface area contributed by atoms with Crippen molar-refractivity contribution in [3.05, 3.63) is 11.8 Å². The van der Waals surface area contributed by atoms with E-state index in [0.29, 0.717) is 11.5 Å². The SMILES string of the molecule is CNC(C1=CCCO1)C1CCCCC1(C)C. The first-order valence-corrected chi connectivity index (χ1v) is 6.65. The third-order valence-corrected chi connectivity index (χ3v) is 4.34. The topological polar surface area (TPSA) is 21.3 Å². The Labute approximate surface area is 99.4 Å². The summed E-state index contributed by atoms with van der Waals surface area (Å²) < 4.78 is 5.75. The molecule has 1 saturated carbocycles. The van der Waals surface area contributed by atoms with E-state index in [1.54, 1.807) is 0 Å². The Bertz CT molecular complexity index is 270. The molecule has 2 aliphatic rings. The van der Waals surface area contributed by atoms with Crippen molar-refractivity contribution in [1.82, 2.24) is 5.32 Å². The van der Waals surface area contributed by atoms with Gasteiger partial charge in [-0.1, -0.05) is 26.7 Å². The Hall–Kier alpha value is -0.500. The van der Waals surface area contributed by atoms with Crippen LogP contribution >= 0.6 is 0 Å². The van der Waals surface area contributed by atoms with Crippen LogP contribution in [-0.2, 0) is 4.74 Å². The number of nitrogens with one attached hydrogen (secondary N) is 1. The molecule has 0 bridgehead atoms. The Balaban J connectivity index is 2.12. The van der Waals surface area contributed by atoms with Crippen molar-refractivity contribution in [1.29, 1.82) is 0 Å². The van der Waals surface area contributed by atoms with Crippen molar-refractivity contribution in [2.45, 2.75) is 52.0 Å². The molecule has 0 amide bonds. The summed E-state index contributed by atoms with van der Waals surface area (Å²) in [6.45, 7) is 5.70. The van der Waals surface area contributed by atoms with E-state index in [4.69, 9.17) is 4.74 Å². The highest BCUT2D eigenvalue weighted by Crippen LogP contribution is 2.44. The standard InChI is InChI=1S/C14H25NO/c1-14(2)9-5-4-7-11(14)13(15-3)12-8-6-10-16-12/h8,11,13,15H,4-7,9-10H2,1-3H3. The normalized spacial score (nSPS) is 30.7. The minimum Gasteiger partial charge on any atom is -0.496 e. The number of likely N-dealkylation sites (N-methyl/N-ethyl adjacent to an activating group) is 1. The molecule has 2 atom stereocenters. The van der Waals surface area contributed by atoms with Crippen LogP contribution in [0.2, 0.25) is 0 Å². The highest BCUT2D eigenvalue weighted by molar-refractivity contribution is 5.11. The van der Waals surface area contributed by atoms with Crippen LogP contribution in [0.4, 0.5) is 0 Å². The van der Waals surface area contributed by atoms with Crippen molar-refractivity contribution < 1.29 is 4.74 Å². The molecule has 0 aromatic carbocycles. The fourth-order valence-electron chi connectivity index (χ4n) is 3.33. The highest BCUT2D eigenvalue weighted by atomic mass is 16.5. The zero-order valence-electron chi connectivity index (χ0n) is 10.9. The van der Waals surface area contributed by atoms with Gasteiger partial charge in [-0.25, -0.2) is 0 Å². The molecular weight excluding hydrogens is 198 g/mol. The van der Waals surface area contributed by atoms with Gasteiger partial charge in [-0.3, -0.25) is 0 Å². The Morgan fingerprint density at radius 2 is 2.25 bits per heavy atom. The second-order valence-electron chi connectivity index (χ2n) is 5.85. The molecule has 1 aliphatic carbocycles. The van der Waals surface area contributed by atoms with Gasteiger partial charge in [0.05, 0.1) is 12.6 Å². The summed E-state index contributed by atoms with van der Waals surface area (Å²) in [5.74, 6) is 1.91. The minimum absolute atomic E-state index is 0.429. The van der Waals surface area contributed by atoms with E-state index < -0.39 is 0 Å². The summed E-state index contributed by atoms with van der Waals surface area (Å²) in [6.07, 6.45) is 8.80. The van der Waals surface area contributed by atoms with Gasteiger partial charge in [-0.2, -0.15) is 0 Å². The van der Waals surface area contributed by atoms with Crippen molar-refractivity contribution in [3.8, 4) is 0 Å². The van der Waals surface area contributed by atoms with Crippen LogP contribution < -0.4 is 5.32 Å². The lowest BCUT2D eigenvalue weighted by atomic mass is 9.65. The van der Waals surface area contributed by atoms with Crippen molar-refractivity contribution in [2.75, 3.05) is 13.7 Å². The zero-order valence-corrected chi connectivity index (χ0v) is 10.9. The molecule has 16 heavy (non-hydrogen) atoms. The molecule has 0 spiro atoms. The first-order valence-electron chi connectivity index (χ1n) is 6.65. The maximum Gasteiger partial charge on any atom is 0.109 e. The molecule has 0 aromatic heterocycles. The first-order chi connectivity index (χ1) is 7.65. The summed E-state index contributed by atoms with van der Waals surface area (Å²) in [5, 5.41) is 3.48. The maximum absolute atomic E-state index is 5.75. The number of ether oxygens (including phenoxy) is 1. The average molecular weight is 223 g/mol. The summed E-state index contributed by atoms with van der Waals surface area (Å²) in [7, 11) is 2.07. The largest absolute Gasteiger partial charge is 0.496 e. The minimum atomic E-state index is 0.429. The van der Waals surface area contributed by atoms with E-state index in [9.17, 15) is 0 Å². The van der Waals surface area contributed by atoms with Crippen LogP contribution in [0.1, 0.15) is 46.0 Å². The van der Waals surface area contributed by atoms with E-state index >= 15 is 0 Å². The molecule has 2 nitrogen and oxygen atoms in total. The number of hydrogen-bond donors (Lipinski definition) is 1. The van der Waals surface area contributed by atoms with E-state index in [1.165, 1.54) is 31.4 Å². The lowest BCUT2D eigenvalue weighted by Crippen LogP contribution is -2.44. The summed E-state index contributed by atoms with van der Waals surface area (Å²) in [4.78, 5) is 0. The van der Waals surface area contributed by atoms with E-state index in [2.05, 4.69) is 32.3 Å².